The fourth-order valence-corrected chi connectivity index (χ4v) is 2.87. The summed E-state index contributed by atoms with van der Waals surface area (Å²) in [4.78, 5) is 18.1. The Hall–Kier alpha value is -3.22. The van der Waals surface area contributed by atoms with E-state index in [1.165, 1.54) is 6.07 Å². The molecule has 0 unspecified atom stereocenters. The Morgan fingerprint density at radius 3 is 2.88 bits per heavy atom. The molecule has 2 heterocycles. The van der Waals surface area contributed by atoms with E-state index in [-0.39, 0.29) is 11.8 Å². The first-order valence-electron chi connectivity index (χ1n) is 8.38. The molecular formula is C19H17FN4O2. The van der Waals surface area contributed by atoms with Crippen LogP contribution < -0.4 is 10.2 Å². The lowest BCUT2D eigenvalue weighted by atomic mass is 10.1. The number of rotatable bonds is 3. The number of urea groups is 1. The van der Waals surface area contributed by atoms with E-state index in [9.17, 15) is 9.18 Å². The molecule has 2 amide bonds. The van der Waals surface area contributed by atoms with Crippen LogP contribution in [0.15, 0.2) is 47.0 Å². The molecule has 0 atom stereocenters. The van der Waals surface area contributed by atoms with Crippen molar-refractivity contribution in [3.8, 4) is 22.8 Å². The van der Waals surface area contributed by atoms with Gasteiger partial charge in [-0.2, -0.15) is 4.98 Å². The topological polar surface area (TPSA) is 71.3 Å². The van der Waals surface area contributed by atoms with Crippen LogP contribution in [-0.4, -0.2) is 29.3 Å². The highest BCUT2D eigenvalue weighted by Crippen LogP contribution is 2.27. The molecule has 4 rings (SSSR count). The molecule has 3 aromatic rings. The summed E-state index contributed by atoms with van der Waals surface area (Å²) >= 11 is 0. The maximum atomic E-state index is 13.8. The van der Waals surface area contributed by atoms with Gasteiger partial charge in [0.05, 0.1) is 0 Å². The number of amides is 2. The van der Waals surface area contributed by atoms with Gasteiger partial charge in [0.15, 0.2) is 0 Å². The van der Waals surface area contributed by atoms with Crippen LogP contribution in [0, 0.1) is 12.7 Å². The maximum Gasteiger partial charge on any atom is 0.321 e. The summed E-state index contributed by atoms with van der Waals surface area (Å²) in [6.45, 7) is 3.05. The molecule has 132 valence electrons. The first kappa shape index (κ1) is 16.3. The number of halogens is 1. The van der Waals surface area contributed by atoms with Gasteiger partial charge >= 0.3 is 6.03 Å². The molecule has 0 radical (unpaired) electrons. The first-order chi connectivity index (χ1) is 12.6. The molecule has 6 nitrogen and oxygen atoms in total. The SMILES string of the molecule is Cc1ccc(-c2noc(-c3cccc(N4CCCNC4=O)c3)n2)cc1F. The largest absolute Gasteiger partial charge is 0.338 e. The molecular weight excluding hydrogens is 335 g/mol. The van der Waals surface area contributed by atoms with Gasteiger partial charge in [0, 0.05) is 29.9 Å². The van der Waals surface area contributed by atoms with Crippen LogP contribution in [0.1, 0.15) is 12.0 Å². The molecule has 1 aliphatic rings. The van der Waals surface area contributed by atoms with Gasteiger partial charge < -0.3 is 9.84 Å². The molecule has 2 aromatic carbocycles. The van der Waals surface area contributed by atoms with Crippen molar-refractivity contribution in [1.29, 1.82) is 0 Å². The molecule has 0 spiro atoms. The van der Waals surface area contributed by atoms with Gasteiger partial charge in [-0.25, -0.2) is 9.18 Å². The number of benzene rings is 2. The van der Waals surface area contributed by atoms with Gasteiger partial charge in [0.2, 0.25) is 5.82 Å². The van der Waals surface area contributed by atoms with E-state index in [0.717, 1.165) is 12.1 Å². The zero-order valence-corrected chi connectivity index (χ0v) is 14.2. The summed E-state index contributed by atoms with van der Waals surface area (Å²) in [7, 11) is 0. The van der Waals surface area contributed by atoms with Crippen molar-refractivity contribution in [3.63, 3.8) is 0 Å². The van der Waals surface area contributed by atoms with Crippen molar-refractivity contribution in [2.75, 3.05) is 18.0 Å². The second-order valence-corrected chi connectivity index (χ2v) is 6.17. The number of aromatic nitrogens is 2. The molecule has 7 heteroatoms. The lowest BCUT2D eigenvalue weighted by molar-refractivity contribution is 0.243. The average Bonchev–Trinajstić information content (AvgIpc) is 3.15. The number of nitrogens with one attached hydrogen (secondary N) is 1. The number of aryl methyl sites for hydroxylation is 1. The third-order valence-electron chi connectivity index (χ3n) is 4.34. The smallest absolute Gasteiger partial charge is 0.321 e. The number of anilines is 1. The highest BCUT2D eigenvalue weighted by Gasteiger charge is 2.20. The second-order valence-electron chi connectivity index (χ2n) is 6.17. The molecule has 0 aliphatic carbocycles. The van der Waals surface area contributed by atoms with Gasteiger partial charge in [0.25, 0.3) is 5.89 Å². The van der Waals surface area contributed by atoms with Gasteiger partial charge in [-0.1, -0.05) is 23.4 Å². The van der Waals surface area contributed by atoms with E-state index in [0.29, 0.717) is 41.5 Å². The minimum atomic E-state index is -0.313. The number of carbonyl (C=O) groups is 1. The fourth-order valence-electron chi connectivity index (χ4n) is 2.87. The third kappa shape index (κ3) is 3.03. The van der Waals surface area contributed by atoms with E-state index < -0.39 is 0 Å². The van der Waals surface area contributed by atoms with Gasteiger partial charge in [-0.05, 0) is 43.2 Å². The minimum absolute atomic E-state index is 0.116. The lowest BCUT2D eigenvalue weighted by Gasteiger charge is -2.27. The molecule has 26 heavy (non-hydrogen) atoms. The molecule has 1 saturated heterocycles. The van der Waals surface area contributed by atoms with Crippen molar-refractivity contribution >= 4 is 11.7 Å². The number of carbonyl (C=O) groups excluding carboxylic acids is 1. The van der Waals surface area contributed by atoms with E-state index in [1.807, 2.05) is 24.3 Å². The molecule has 0 saturated carbocycles. The molecule has 0 bridgehead atoms. The highest BCUT2D eigenvalue weighted by molar-refractivity contribution is 5.93. The monoisotopic (exact) mass is 352 g/mol. The van der Waals surface area contributed by atoms with E-state index >= 15 is 0 Å². The Morgan fingerprint density at radius 2 is 2.08 bits per heavy atom. The van der Waals surface area contributed by atoms with Crippen LogP contribution in [0.3, 0.4) is 0 Å². The molecule has 1 aromatic heterocycles. The zero-order valence-electron chi connectivity index (χ0n) is 14.2. The Morgan fingerprint density at radius 1 is 1.19 bits per heavy atom. The molecule has 1 N–H and O–H groups in total. The Balaban J connectivity index is 1.64. The summed E-state index contributed by atoms with van der Waals surface area (Å²) in [6, 6.07) is 12.1. The Bertz CT molecular complexity index is 970. The predicted octanol–water partition coefficient (Wildman–Crippen LogP) is 3.77. The average molecular weight is 352 g/mol. The standard InChI is InChI=1S/C19H17FN4O2/c1-12-6-7-13(11-16(12)20)17-22-18(26-23-17)14-4-2-5-15(10-14)24-9-3-8-21-19(24)25/h2,4-7,10-11H,3,8-9H2,1H3,(H,21,25). The predicted molar refractivity (Wildman–Crippen MR) is 95.2 cm³/mol. The summed E-state index contributed by atoms with van der Waals surface area (Å²) in [5, 5.41) is 6.77. The van der Waals surface area contributed by atoms with Crippen LogP contribution >= 0.6 is 0 Å². The summed E-state index contributed by atoms with van der Waals surface area (Å²) in [5.41, 5.74) is 2.58. The number of nitrogens with zero attached hydrogens (tertiary/aromatic N) is 3. The number of hydrogen-bond donors (Lipinski definition) is 1. The van der Waals surface area contributed by atoms with Crippen LogP contribution in [-0.2, 0) is 0 Å². The maximum absolute atomic E-state index is 13.8. The third-order valence-corrected chi connectivity index (χ3v) is 4.34. The molecule has 1 fully saturated rings. The van der Waals surface area contributed by atoms with Crippen molar-refractivity contribution in [3.05, 3.63) is 53.8 Å². The van der Waals surface area contributed by atoms with E-state index in [2.05, 4.69) is 15.5 Å². The van der Waals surface area contributed by atoms with E-state index in [4.69, 9.17) is 4.52 Å². The van der Waals surface area contributed by atoms with Gasteiger partial charge in [0.1, 0.15) is 5.82 Å². The van der Waals surface area contributed by atoms with Gasteiger partial charge in [-0.3, -0.25) is 4.90 Å². The van der Waals surface area contributed by atoms with Crippen LogP contribution in [0.4, 0.5) is 14.9 Å². The van der Waals surface area contributed by atoms with Crippen molar-refractivity contribution < 1.29 is 13.7 Å². The van der Waals surface area contributed by atoms with Crippen molar-refractivity contribution in [1.82, 2.24) is 15.5 Å². The Labute approximate surface area is 149 Å². The van der Waals surface area contributed by atoms with Crippen LogP contribution in [0.2, 0.25) is 0 Å². The summed E-state index contributed by atoms with van der Waals surface area (Å²) in [6.07, 6.45) is 0.889. The highest BCUT2D eigenvalue weighted by atomic mass is 19.1. The number of hydrogen-bond acceptors (Lipinski definition) is 4. The first-order valence-corrected chi connectivity index (χ1v) is 8.38. The van der Waals surface area contributed by atoms with Crippen LogP contribution in [0.5, 0.6) is 0 Å². The van der Waals surface area contributed by atoms with Crippen molar-refractivity contribution in [2.24, 2.45) is 0 Å². The Kier molecular flexibility index (Phi) is 4.12. The van der Waals surface area contributed by atoms with E-state index in [1.54, 1.807) is 24.0 Å². The quantitative estimate of drug-likeness (QED) is 0.779. The fraction of sp³-hybridized carbons (Fsp3) is 0.211. The minimum Gasteiger partial charge on any atom is -0.338 e. The molecule has 1 aliphatic heterocycles. The summed E-state index contributed by atoms with van der Waals surface area (Å²) in [5.74, 6) is 0.326. The zero-order chi connectivity index (χ0) is 18.1. The lowest BCUT2D eigenvalue weighted by Crippen LogP contribution is -2.46. The normalized spacial score (nSPS) is 14.4. The van der Waals surface area contributed by atoms with Gasteiger partial charge in [-0.15, -0.1) is 0 Å². The second kappa shape index (κ2) is 6.59. The van der Waals surface area contributed by atoms with Crippen LogP contribution in [0.25, 0.3) is 22.8 Å². The summed E-state index contributed by atoms with van der Waals surface area (Å²) < 4.78 is 19.1. The van der Waals surface area contributed by atoms with Crippen molar-refractivity contribution in [2.45, 2.75) is 13.3 Å².